The number of carbonyl (C=O) groups is 1. The van der Waals surface area contributed by atoms with Crippen LogP contribution in [0.4, 0.5) is 0 Å². The highest BCUT2D eigenvalue weighted by atomic mass is 79.9. The monoisotopic (exact) mass is 359 g/mol. The van der Waals surface area contributed by atoms with E-state index >= 15 is 0 Å². The van der Waals surface area contributed by atoms with Crippen molar-refractivity contribution in [1.82, 2.24) is 4.90 Å². The van der Waals surface area contributed by atoms with Gasteiger partial charge in [0.15, 0.2) is 0 Å². The Morgan fingerprint density at radius 1 is 1.55 bits per heavy atom. The van der Waals surface area contributed by atoms with Crippen molar-refractivity contribution in [2.45, 2.75) is 44.7 Å². The molecule has 1 aromatic carbocycles. The molecule has 1 N–H and O–H groups in total. The summed E-state index contributed by atoms with van der Waals surface area (Å²) in [7, 11) is 0. The Morgan fingerprint density at radius 2 is 2.30 bits per heavy atom. The fourth-order valence-corrected chi connectivity index (χ4v) is 3.80. The van der Waals surface area contributed by atoms with Gasteiger partial charge >= 0.3 is 5.97 Å². The molecule has 2 rings (SSSR count). The maximum Gasteiger partial charge on any atom is 0.324 e. The third kappa shape index (κ3) is 3.02. The van der Waals surface area contributed by atoms with Crippen LogP contribution >= 0.6 is 27.5 Å². The van der Waals surface area contributed by atoms with Crippen molar-refractivity contribution in [1.29, 1.82) is 0 Å². The summed E-state index contributed by atoms with van der Waals surface area (Å²) in [6.45, 7) is 3.45. The molecule has 1 saturated heterocycles. The lowest BCUT2D eigenvalue weighted by molar-refractivity contribution is -0.150. The van der Waals surface area contributed by atoms with Crippen molar-refractivity contribution in [3.63, 3.8) is 0 Å². The Morgan fingerprint density at radius 3 is 2.90 bits per heavy atom. The highest BCUT2D eigenvalue weighted by Crippen LogP contribution is 2.36. The molecule has 1 heterocycles. The zero-order valence-electron chi connectivity index (χ0n) is 11.5. The Hall–Kier alpha value is -0.580. The summed E-state index contributed by atoms with van der Waals surface area (Å²) in [6, 6.07) is 5.76. The van der Waals surface area contributed by atoms with Crippen LogP contribution in [0.15, 0.2) is 22.7 Å². The smallest absolute Gasteiger partial charge is 0.324 e. The van der Waals surface area contributed by atoms with Gasteiger partial charge in [0.05, 0.1) is 0 Å². The van der Waals surface area contributed by atoms with Crippen molar-refractivity contribution in [2.24, 2.45) is 0 Å². The molecule has 1 aromatic rings. The molecule has 1 unspecified atom stereocenters. The number of rotatable bonds is 5. The minimum absolute atomic E-state index is 0.596. The number of benzene rings is 1. The van der Waals surface area contributed by atoms with Gasteiger partial charge in [-0.3, -0.25) is 9.69 Å². The summed E-state index contributed by atoms with van der Waals surface area (Å²) in [5, 5.41) is 10.4. The quantitative estimate of drug-likeness (QED) is 0.850. The second-order valence-electron chi connectivity index (χ2n) is 5.35. The van der Waals surface area contributed by atoms with Crippen molar-refractivity contribution in [3.8, 4) is 0 Å². The fourth-order valence-electron chi connectivity index (χ4n) is 3.07. The normalized spacial score (nSPS) is 23.1. The van der Waals surface area contributed by atoms with Crippen LogP contribution in [0.5, 0.6) is 0 Å². The second-order valence-corrected chi connectivity index (χ2v) is 6.67. The number of carboxylic acids is 1. The molecule has 20 heavy (non-hydrogen) atoms. The first kappa shape index (κ1) is 15.8. The van der Waals surface area contributed by atoms with Crippen molar-refractivity contribution < 1.29 is 9.90 Å². The molecule has 1 aliphatic rings. The van der Waals surface area contributed by atoms with Crippen LogP contribution in [-0.4, -0.2) is 28.1 Å². The molecule has 0 aromatic heterocycles. The van der Waals surface area contributed by atoms with Crippen LogP contribution in [0.1, 0.15) is 38.2 Å². The molecule has 5 heteroatoms. The van der Waals surface area contributed by atoms with Gasteiger partial charge in [-0.15, -0.1) is 0 Å². The van der Waals surface area contributed by atoms with E-state index < -0.39 is 11.5 Å². The van der Waals surface area contributed by atoms with Gasteiger partial charge in [0.25, 0.3) is 0 Å². The van der Waals surface area contributed by atoms with Crippen molar-refractivity contribution in [2.75, 3.05) is 6.54 Å². The predicted octanol–water partition coefficient (Wildman–Crippen LogP) is 4.32. The summed E-state index contributed by atoms with van der Waals surface area (Å²) in [6.07, 6.45) is 3.22. The zero-order chi connectivity index (χ0) is 14.8. The van der Waals surface area contributed by atoms with E-state index in [1.807, 2.05) is 25.1 Å². The number of halogens is 2. The van der Waals surface area contributed by atoms with E-state index in [1.54, 1.807) is 0 Å². The Kier molecular flexibility index (Phi) is 5.10. The Balaban J connectivity index is 2.24. The van der Waals surface area contributed by atoms with Gasteiger partial charge in [-0.25, -0.2) is 0 Å². The number of nitrogens with zero attached hydrogens (tertiary/aromatic N) is 1. The average Bonchev–Trinajstić information content (AvgIpc) is 2.77. The van der Waals surface area contributed by atoms with Crippen LogP contribution in [0, 0.1) is 0 Å². The van der Waals surface area contributed by atoms with Gasteiger partial charge in [0, 0.05) is 16.0 Å². The third-order valence-corrected chi connectivity index (χ3v) is 4.91. The fraction of sp³-hybridized carbons (Fsp3) is 0.533. The first-order chi connectivity index (χ1) is 9.49. The van der Waals surface area contributed by atoms with Crippen LogP contribution in [0.3, 0.4) is 0 Å². The first-order valence-electron chi connectivity index (χ1n) is 6.92. The molecular formula is C15H19BrClNO2. The first-order valence-corrected chi connectivity index (χ1v) is 8.09. The molecule has 1 fully saturated rings. The topological polar surface area (TPSA) is 40.5 Å². The lowest BCUT2D eigenvalue weighted by Crippen LogP contribution is -2.50. The van der Waals surface area contributed by atoms with E-state index in [2.05, 4.69) is 20.8 Å². The highest BCUT2D eigenvalue weighted by molar-refractivity contribution is 9.10. The summed E-state index contributed by atoms with van der Waals surface area (Å²) in [4.78, 5) is 13.8. The number of hydrogen-bond donors (Lipinski definition) is 1. The molecule has 0 radical (unpaired) electrons. The summed E-state index contributed by atoms with van der Waals surface area (Å²) in [5.74, 6) is -0.704. The van der Waals surface area contributed by atoms with Gasteiger partial charge in [0.1, 0.15) is 5.54 Å². The standard InChI is InChI=1S/C15H19BrClNO2/c1-2-6-15(14(19)20)7-3-8-18(15)10-11-4-5-12(16)9-13(11)17/h4-5,9H,2-3,6-8,10H2,1H3,(H,19,20). The molecule has 0 amide bonds. The lowest BCUT2D eigenvalue weighted by atomic mass is 9.90. The van der Waals surface area contributed by atoms with Gasteiger partial charge in [-0.2, -0.15) is 0 Å². The van der Waals surface area contributed by atoms with Crippen LogP contribution < -0.4 is 0 Å². The molecule has 0 saturated carbocycles. The van der Waals surface area contributed by atoms with Crippen molar-refractivity contribution >= 4 is 33.5 Å². The number of carboxylic acid groups (broad SMARTS) is 1. The van der Waals surface area contributed by atoms with Gasteiger partial charge in [-0.1, -0.05) is 46.9 Å². The number of likely N-dealkylation sites (tertiary alicyclic amines) is 1. The lowest BCUT2D eigenvalue weighted by Gasteiger charge is -2.34. The minimum Gasteiger partial charge on any atom is -0.480 e. The molecule has 110 valence electrons. The summed E-state index contributed by atoms with van der Waals surface area (Å²) < 4.78 is 0.936. The number of hydrogen-bond acceptors (Lipinski definition) is 2. The van der Waals surface area contributed by atoms with Crippen molar-refractivity contribution in [3.05, 3.63) is 33.3 Å². The van der Waals surface area contributed by atoms with E-state index in [-0.39, 0.29) is 0 Å². The SMILES string of the molecule is CCCC1(C(=O)O)CCCN1Cc1ccc(Br)cc1Cl. The Bertz CT molecular complexity index is 509. The molecule has 3 nitrogen and oxygen atoms in total. The average molecular weight is 361 g/mol. The molecule has 0 aliphatic carbocycles. The maximum atomic E-state index is 11.8. The third-order valence-electron chi connectivity index (χ3n) is 4.06. The molecule has 0 bridgehead atoms. The van der Waals surface area contributed by atoms with E-state index in [9.17, 15) is 9.90 Å². The summed E-state index contributed by atoms with van der Waals surface area (Å²) in [5.41, 5.74) is 0.268. The Labute approximate surface area is 133 Å². The van der Waals surface area contributed by atoms with Gasteiger partial charge < -0.3 is 5.11 Å². The van der Waals surface area contributed by atoms with E-state index in [4.69, 9.17) is 11.6 Å². The second kappa shape index (κ2) is 6.46. The van der Waals surface area contributed by atoms with E-state index in [0.29, 0.717) is 18.0 Å². The van der Waals surface area contributed by atoms with Crippen LogP contribution in [0.2, 0.25) is 5.02 Å². The number of aliphatic carboxylic acids is 1. The van der Waals surface area contributed by atoms with E-state index in [1.165, 1.54) is 0 Å². The molecule has 0 spiro atoms. The zero-order valence-corrected chi connectivity index (χ0v) is 13.9. The van der Waals surface area contributed by atoms with Gasteiger partial charge in [-0.05, 0) is 43.5 Å². The van der Waals surface area contributed by atoms with Crippen LogP contribution in [-0.2, 0) is 11.3 Å². The minimum atomic E-state index is -0.717. The molecule has 1 aliphatic heterocycles. The highest BCUT2D eigenvalue weighted by Gasteiger charge is 2.46. The van der Waals surface area contributed by atoms with Gasteiger partial charge in [0.2, 0.25) is 0 Å². The maximum absolute atomic E-state index is 11.8. The molecular weight excluding hydrogens is 342 g/mol. The summed E-state index contributed by atoms with van der Waals surface area (Å²) >= 11 is 9.64. The largest absolute Gasteiger partial charge is 0.480 e. The van der Waals surface area contributed by atoms with E-state index in [0.717, 1.165) is 35.8 Å². The molecule has 1 atom stereocenters. The van der Waals surface area contributed by atoms with Crippen LogP contribution in [0.25, 0.3) is 0 Å². The predicted molar refractivity (Wildman–Crippen MR) is 84.1 cm³/mol.